The van der Waals surface area contributed by atoms with Crippen LogP contribution in [0.5, 0.6) is 5.75 Å². The average Bonchev–Trinajstić information content (AvgIpc) is 2.47. The van der Waals surface area contributed by atoms with E-state index in [-0.39, 0.29) is 6.04 Å². The molecule has 0 amide bonds. The minimum Gasteiger partial charge on any atom is -0.496 e. The molecule has 1 atom stereocenters. The molecule has 112 valence electrons. The number of ether oxygens (including phenoxy) is 1. The molecule has 0 fully saturated rings. The number of para-hydroxylation sites is 1. The van der Waals surface area contributed by atoms with Crippen molar-refractivity contribution < 1.29 is 4.74 Å². The zero-order valence-corrected chi connectivity index (χ0v) is 12.9. The summed E-state index contributed by atoms with van der Waals surface area (Å²) in [5.74, 6) is 1.87. The first-order valence-corrected chi connectivity index (χ1v) is 7.14. The standard InChI is InChI=1S/C17H23N3O/c1-13(18)11-14-8-6-10-19-17(14)20(2)12-15-7-4-5-9-16(15)21-3/h4-10,13H,11-12,18H2,1-3H3. The van der Waals surface area contributed by atoms with Gasteiger partial charge in [-0.1, -0.05) is 24.3 Å². The SMILES string of the molecule is COc1ccccc1CN(C)c1ncccc1CC(C)N. The van der Waals surface area contributed by atoms with E-state index < -0.39 is 0 Å². The first kappa shape index (κ1) is 15.3. The molecule has 0 bridgehead atoms. The number of nitrogens with two attached hydrogens (primary N) is 1. The van der Waals surface area contributed by atoms with E-state index in [4.69, 9.17) is 10.5 Å². The number of pyridine rings is 1. The molecule has 0 saturated heterocycles. The first-order valence-electron chi connectivity index (χ1n) is 7.14. The van der Waals surface area contributed by atoms with E-state index in [1.54, 1.807) is 7.11 Å². The number of aromatic nitrogens is 1. The summed E-state index contributed by atoms with van der Waals surface area (Å²) in [4.78, 5) is 6.65. The van der Waals surface area contributed by atoms with Crippen LogP contribution in [-0.2, 0) is 13.0 Å². The Balaban J connectivity index is 2.22. The molecule has 1 heterocycles. The van der Waals surface area contributed by atoms with Crippen molar-refractivity contribution in [2.24, 2.45) is 5.73 Å². The fourth-order valence-corrected chi connectivity index (χ4v) is 2.44. The normalized spacial score (nSPS) is 12.0. The molecule has 1 unspecified atom stereocenters. The van der Waals surface area contributed by atoms with Crippen LogP contribution < -0.4 is 15.4 Å². The van der Waals surface area contributed by atoms with Gasteiger partial charge in [0.05, 0.1) is 7.11 Å². The maximum atomic E-state index is 5.93. The van der Waals surface area contributed by atoms with Crippen molar-refractivity contribution >= 4 is 5.82 Å². The van der Waals surface area contributed by atoms with Gasteiger partial charge < -0.3 is 15.4 Å². The fourth-order valence-electron chi connectivity index (χ4n) is 2.44. The molecule has 2 rings (SSSR count). The maximum Gasteiger partial charge on any atom is 0.131 e. The van der Waals surface area contributed by atoms with E-state index in [0.717, 1.165) is 30.1 Å². The topological polar surface area (TPSA) is 51.4 Å². The Morgan fingerprint density at radius 2 is 1.90 bits per heavy atom. The van der Waals surface area contributed by atoms with Crippen LogP contribution in [0, 0.1) is 0 Å². The Morgan fingerprint density at radius 3 is 2.62 bits per heavy atom. The summed E-state index contributed by atoms with van der Waals surface area (Å²) in [6.07, 6.45) is 2.64. The van der Waals surface area contributed by atoms with Crippen molar-refractivity contribution in [3.63, 3.8) is 0 Å². The minimum absolute atomic E-state index is 0.118. The van der Waals surface area contributed by atoms with Gasteiger partial charge in [-0.15, -0.1) is 0 Å². The second-order valence-electron chi connectivity index (χ2n) is 5.34. The molecular weight excluding hydrogens is 262 g/mol. The van der Waals surface area contributed by atoms with Crippen LogP contribution in [0.1, 0.15) is 18.1 Å². The zero-order valence-electron chi connectivity index (χ0n) is 12.9. The lowest BCUT2D eigenvalue weighted by atomic mass is 10.1. The molecule has 0 saturated carbocycles. The smallest absolute Gasteiger partial charge is 0.131 e. The van der Waals surface area contributed by atoms with E-state index >= 15 is 0 Å². The molecule has 4 nitrogen and oxygen atoms in total. The Morgan fingerprint density at radius 1 is 1.19 bits per heavy atom. The summed E-state index contributed by atoms with van der Waals surface area (Å²) >= 11 is 0. The third-order valence-corrected chi connectivity index (χ3v) is 3.37. The van der Waals surface area contributed by atoms with Crippen molar-refractivity contribution in [1.29, 1.82) is 0 Å². The Hall–Kier alpha value is -2.07. The molecule has 2 N–H and O–H groups in total. The van der Waals surface area contributed by atoms with Gasteiger partial charge in [0.1, 0.15) is 11.6 Å². The van der Waals surface area contributed by atoms with Gasteiger partial charge in [0, 0.05) is 31.4 Å². The first-order chi connectivity index (χ1) is 10.1. The van der Waals surface area contributed by atoms with Crippen molar-refractivity contribution in [2.75, 3.05) is 19.1 Å². The maximum absolute atomic E-state index is 5.93. The van der Waals surface area contributed by atoms with Gasteiger partial charge in [-0.05, 0) is 31.0 Å². The third kappa shape index (κ3) is 3.95. The van der Waals surface area contributed by atoms with Crippen LogP contribution in [-0.4, -0.2) is 25.2 Å². The number of anilines is 1. The van der Waals surface area contributed by atoms with Gasteiger partial charge in [-0.2, -0.15) is 0 Å². The highest BCUT2D eigenvalue weighted by atomic mass is 16.5. The third-order valence-electron chi connectivity index (χ3n) is 3.37. The summed E-state index contributed by atoms with van der Waals surface area (Å²) < 4.78 is 5.41. The lowest BCUT2D eigenvalue weighted by Crippen LogP contribution is -2.23. The molecule has 0 radical (unpaired) electrons. The summed E-state index contributed by atoms with van der Waals surface area (Å²) in [5, 5.41) is 0. The zero-order chi connectivity index (χ0) is 15.2. The Bertz CT molecular complexity index is 584. The Kier molecular flexibility index (Phi) is 5.17. The van der Waals surface area contributed by atoms with Gasteiger partial charge in [-0.25, -0.2) is 4.98 Å². The average molecular weight is 285 g/mol. The summed E-state index contributed by atoms with van der Waals surface area (Å²) in [5.41, 5.74) is 8.24. The van der Waals surface area contributed by atoms with Crippen molar-refractivity contribution in [3.05, 3.63) is 53.7 Å². The van der Waals surface area contributed by atoms with Crippen molar-refractivity contribution in [3.8, 4) is 5.75 Å². The van der Waals surface area contributed by atoms with Gasteiger partial charge in [0.25, 0.3) is 0 Å². The van der Waals surface area contributed by atoms with Gasteiger partial charge in [0.2, 0.25) is 0 Å². The van der Waals surface area contributed by atoms with E-state index in [1.165, 1.54) is 5.56 Å². The lowest BCUT2D eigenvalue weighted by molar-refractivity contribution is 0.409. The molecule has 1 aromatic heterocycles. The van der Waals surface area contributed by atoms with Gasteiger partial charge >= 0.3 is 0 Å². The summed E-state index contributed by atoms with van der Waals surface area (Å²) in [6.45, 7) is 2.75. The van der Waals surface area contributed by atoms with Crippen molar-refractivity contribution in [2.45, 2.75) is 25.9 Å². The van der Waals surface area contributed by atoms with E-state index in [9.17, 15) is 0 Å². The minimum atomic E-state index is 0.118. The molecule has 21 heavy (non-hydrogen) atoms. The molecule has 4 heteroatoms. The highest BCUT2D eigenvalue weighted by Crippen LogP contribution is 2.23. The summed E-state index contributed by atoms with van der Waals surface area (Å²) in [6, 6.07) is 12.2. The van der Waals surface area contributed by atoms with Crippen LogP contribution in [0.3, 0.4) is 0 Å². The van der Waals surface area contributed by atoms with Crippen LogP contribution in [0.2, 0.25) is 0 Å². The number of rotatable bonds is 6. The number of hydrogen-bond acceptors (Lipinski definition) is 4. The molecule has 0 aliphatic rings. The molecule has 1 aromatic carbocycles. The van der Waals surface area contributed by atoms with Crippen molar-refractivity contribution in [1.82, 2.24) is 4.98 Å². The van der Waals surface area contributed by atoms with E-state index in [2.05, 4.69) is 22.0 Å². The molecule has 2 aromatic rings. The van der Waals surface area contributed by atoms with Gasteiger partial charge in [-0.3, -0.25) is 0 Å². The van der Waals surface area contributed by atoms with Crippen LogP contribution >= 0.6 is 0 Å². The Labute approximate surface area is 126 Å². The second kappa shape index (κ2) is 7.09. The van der Waals surface area contributed by atoms with Crippen LogP contribution in [0.15, 0.2) is 42.6 Å². The number of hydrogen-bond donors (Lipinski definition) is 1. The number of nitrogens with zero attached hydrogens (tertiary/aromatic N) is 2. The molecule has 0 aliphatic heterocycles. The van der Waals surface area contributed by atoms with Gasteiger partial charge in [0.15, 0.2) is 0 Å². The fraction of sp³-hybridized carbons (Fsp3) is 0.353. The molecular formula is C17H23N3O. The predicted molar refractivity (Wildman–Crippen MR) is 86.7 cm³/mol. The van der Waals surface area contributed by atoms with Crippen LogP contribution in [0.25, 0.3) is 0 Å². The predicted octanol–water partition coefficient (Wildman–Crippen LogP) is 2.62. The number of methoxy groups -OCH3 is 1. The second-order valence-corrected chi connectivity index (χ2v) is 5.34. The molecule has 0 aliphatic carbocycles. The largest absolute Gasteiger partial charge is 0.496 e. The summed E-state index contributed by atoms with van der Waals surface area (Å²) in [7, 11) is 3.74. The van der Waals surface area contributed by atoms with Crippen LogP contribution in [0.4, 0.5) is 5.82 Å². The van der Waals surface area contributed by atoms with E-state index in [1.807, 2.05) is 44.4 Å². The van der Waals surface area contributed by atoms with E-state index in [0.29, 0.717) is 0 Å². The lowest BCUT2D eigenvalue weighted by Gasteiger charge is -2.22. The number of benzene rings is 1. The monoisotopic (exact) mass is 285 g/mol. The molecule has 0 spiro atoms. The highest BCUT2D eigenvalue weighted by Gasteiger charge is 2.12. The quantitative estimate of drug-likeness (QED) is 0.886. The highest BCUT2D eigenvalue weighted by molar-refractivity contribution is 5.48.